The van der Waals surface area contributed by atoms with Gasteiger partial charge >= 0.3 is 0 Å². The van der Waals surface area contributed by atoms with E-state index in [0.29, 0.717) is 12.2 Å². The molecular weight excluding hydrogens is 400 g/mol. The Morgan fingerprint density at radius 1 is 0.667 bits per heavy atom. The lowest BCUT2D eigenvalue weighted by Crippen LogP contribution is -2.39. The summed E-state index contributed by atoms with van der Waals surface area (Å²) in [5.41, 5.74) is 5.87. The van der Waals surface area contributed by atoms with Crippen molar-refractivity contribution in [3.63, 3.8) is 0 Å². The Morgan fingerprint density at radius 2 is 1.07 bits per heavy atom. The summed E-state index contributed by atoms with van der Waals surface area (Å²) < 4.78 is 13.7. The van der Waals surface area contributed by atoms with Gasteiger partial charge in [-0.05, 0) is 99.1 Å². The average Bonchev–Trinajstić information content (AvgIpc) is 2.73. The van der Waals surface area contributed by atoms with E-state index in [9.17, 15) is 0 Å². The van der Waals surface area contributed by atoms with Gasteiger partial charge in [-0.1, -0.05) is 48.5 Å². The molecule has 2 nitrogen and oxygen atoms in total. The highest BCUT2D eigenvalue weighted by molar-refractivity contribution is 6.76. The second-order valence-electron chi connectivity index (χ2n) is 10.4. The molecule has 0 bridgehead atoms. The van der Waals surface area contributed by atoms with Crippen molar-refractivity contribution in [1.82, 2.24) is 0 Å². The maximum absolute atomic E-state index is 6.85. The van der Waals surface area contributed by atoms with Crippen LogP contribution >= 0.6 is 0 Å². The van der Waals surface area contributed by atoms with Crippen LogP contribution in [0.3, 0.4) is 0 Å². The van der Waals surface area contributed by atoms with Crippen molar-refractivity contribution in [2.45, 2.75) is 89.0 Å². The molecule has 2 unspecified atom stereocenters. The van der Waals surface area contributed by atoms with Gasteiger partial charge in [-0.15, -0.1) is 0 Å². The molecule has 4 heteroatoms. The maximum atomic E-state index is 6.85. The molecule has 2 aromatic rings. The molecule has 0 aromatic heterocycles. The Labute approximate surface area is 185 Å². The summed E-state index contributed by atoms with van der Waals surface area (Å²) in [6.45, 7) is 9.63. The zero-order valence-corrected chi connectivity index (χ0v) is 21.2. The Bertz CT molecular complexity index is 790. The minimum atomic E-state index is -1.75. The molecule has 2 atom stereocenters. The predicted molar refractivity (Wildman–Crippen MR) is 131 cm³/mol. The first kappa shape index (κ1) is 22.0. The minimum Gasteiger partial charge on any atom is -0.410 e. The number of rotatable bonds is 7. The largest absolute Gasteiger partial charge is 0.410 e. The summed E-state index contributed by atoms with van der Waals surface area (Å²) in [5, 5.41) is 0. The third-order valence-corrected chi connectivity index (χ3v) is 12.1. The number of hydrogen-bond donors (Lipinski definition) is 0. The van der Waals surface area contributed by atoms with Crippen LogP contribution in [0.1, 0.15) is 60.1 Å². The molecule has 162 valence electrons. The molecule has 2 aliphatic carbocycles. The van der Waals surface area contributed by atoms with E-state index in [4.69, 9.17) is 8.85 Å². The van der Waals surface area contributed by atoms with Gasteiger partial charge < -0.3 is 8.85 Å². The number of fused-ring (bicyclic) bond motifs is 2. The van der Waals surface area contributed by atoms with Gasteiger partial charge in [0.05, 0.1) is 12.2 Å². The van der Waals surface area contributed by atoms with Crippen molar-refractivity contribution in [2.75, 3.05) is 0 Å². The Kier molecular flexibility index (Phi) is 6.68. The smallest absolute Gasteiger partial charge is 0.187 e. The lowest BCUT2D eigenvalue weighted by molar-refractivity contribution is 0.168. The summed E-state index contributed by atoms with van der Waals surface area (Å²) in [4.78, 5) is 0. The van der Waals surface area contributed by atoms with Crippen LogP contribution in [-0.2, 0) is 21.7 Å². The molecule has 0 spiro atoms. The van der Waals surface area contributed by atoms with Crippen LogP contribution < -0.4 is 0 Å². The molecule has 0 fully saturated rings. The number of hydrogen-bond acceptors (Lipinski definition) is 2. The SMILES string of the molecule is C[Si](C)(CC[Si](C)(C)OC1CCCc2ccccc21)OC1CCCc2ccccc21. The van der Waals surface area contributed by atoms with Gasteiger partial charge in [-0.25, -0.2) is 0 Å². The van der Waals surface area contributed by atoms with Crippen molar-refractivity contribution < 1.29 is 8.85 Å². The molecule has 0 amide bonds. The standard InChI is InChI=1S/C26H38O2Si2/c1-29(2,27-25-17-9-13-21-11-5-7-15-23(21)25)19-20-30(3,4)28-26-18-10-14-22-12-6-8-16-24(22)26/h5-8,11-12,15-16,25-26H,9-10,13-14,17-20H2,1-4H3. The van der Waals surface area contributed by atoms with E-state index in [2.05, 4.69) is 74.7 Å². The van der Waals surface area contributed by atoms with Gasteiger partial charge in [0.2, 0.25) is 0 Å². The fraction of sp³-hybridized carbons (Fsp3) is 0.538. The summed E-state index contributed by atoms with van der Waals surface area (Å²) in [6, 6.07) is 20.2. The zero-order chi connectivity index (χ0) is 21.2. The summed E-state index contributed by atoms with van der Waals surface area (Å²) in [7, 11) is -3.50. The zero-order valence-electron chi connectivity index (χ0n) is 19.2. The highest BCUT2D eigenvalue weighted by atomic mass is 28.4. The molecule has 30 heavy (non-hydrogen) atoms. The van der Waals surface area contributed by atoms with Gasteiger partial charge in [-0.3, -0.25) is 0 Å². The summed E-state index contributed by atoms with van der Waals surface area (Å²) in [5.74, 6) is 0. The Morgan fingerprint density at radius 3 is 1.50 bits per heavy atom. The first-order chi connectivity index (χ1) is 14.3. The van der Waals surface area contributed by atoms with Crippen molar-refractivity contribution in [2.24, 2.45) is 0 Å². The van der Waals surface area contributed by atoms with Crippen LogP contribution in [0.4, 0.5) is 0 Å². The van der Waals surface area contributed by atoms with E-state index < -0.39 is 16.6 Å². The molecule has 0 radical (unpaired) electrons. The summed E-state index contributed by atoms with van der Waals surface area (Å²) in [6.07, 6.45) is 7.84. The molecule has 0 saturated heterocycles. The monoisotopic (exact) mass is 438 g/mol. The molecule has 2 aromatic carbocycles. The van der Waals surface area contributed by atoms with Crippen LogP contribution in [0, 0.1) is 0 Å². The predicted octanol–water partition coefficient (Wildman–Crippen LogP) is 7.59. The second-order valence-corrected chi connectivity index (χ2v) is 18.9. The molecule has 2 aliphatic rings. The third kappa shape index (κ3) is 5.34. The first-order valence-electron chi connectivity index (χ1n) is 11.8. The van der Waals surface area contributed by atoms with Gasteiger partial charge in [0.25, 0.3) is 0 Å². The molecule has 0 heterocycles. The van der Waals surface area contributed by atoms with Crippen LogP contribution in [-0.4, -0.2) is 16.6 Å². The van der Waals surface area contributed by atoms with Gasteiger partial charge in [0, 0.05) is 0 Å². The summed E-state index contributed by atoms with van der Waals surface area (Å²) >= 11 is 0. The lowest BCUT2D eigenvalue weighted by atomic mass is 9.90. The second kappa shape index (κ2) is 9.11. The van der Waals surface area contributed by atoms with E-state index in [-0.39, 0.29) is 0 Å². The Hall–Kier alpha value is -1.21. The topological polar surface area (TPSA) is 18.5 Å². The number of aryl methyl sites for hydroxylation is 2. The highest BCUT2D eigenvalue weighted by Crippen LogP contribution is 2.38. The normalized spacial score (nSPS) is 21.7. The van der Waals surface area contributed by atoms with E-state index in [1.165, 1.54) is 72.9 Å². The Balaban J connectivity index is 1.36. The van der Waals surface area contributed by atoms with Crippen LogP contribution in [0.15, 0.2) is 48.5 Å². The van der Waals surface area contributed by atoms with Crippen molar-refractivity contribution >= 4 is 16.6 Å². The molecular formula is C26H38O2Si2. The number of benzene rings is 2. The quantitative estimate of drug-likeness (QED) is 0.415. The first-order valence-corrected chi connectivity index (χ1v) is 18.1. The van der Waals surface area contributed by atoms with Crippen molar-refractivity contribution in [3.05, 3.63) is 70.8 Å². The maximum Gasteiger partial charge on any atom is 0.187 e. The molecule has 0 N–H and O–H groups in total. The lowest BCUT2D eigenvalue weighted by Gasteiger charge is -2.37. The van der Waals surface area contributed by atoms with E-state index in [0.717, 1.165) is 0 Å². The van der Waals surface area contributed by atoms with Crippen LogP contribution in [0.25, 0.3) is 0 Å². The molecule has 0 saturated carbocycles. The van der Waals surface area contributed by atoms with Gasteiger partial charge in [0.1, 0.15) is 0 Å². The fourth-order valence-electron chi connectivity index (χ4n) is 5.15. The van der Waals surface area contributed by atoms with Crippen LogP contribution in [0.5, 0.6) is 0 Å². The minimum absolute atomic E-state index is 0.299. The third-order valence-electron chi connectivity index (χ3n) is 6.88. The van der Waals surface area contributed by atoms with Crippen molar-refractivity contribution in [3.8, 4) is 0 Å². The van der Waals surface area contributed by atoms with E-state index in [1.807, 2.05) is 0 Å². The highest BCUT2D eigenvalue weighted by Gasteiger charge is 2.35. The van der Waals surface area contributed by atoms with E-state index in [1.54, 1.807) is 0 Å². The van der Waals surface area contributed by atoms with Crippen LogP contribution in [0.2, 0.25) is 38.3 Å². The van der Waals surface area contributed by atoms with Crippen molar-refractivity contribution in [1.29, 1.82) is 0 Å². The van der Waals surface area contributed by atoms with Gasteiger partial charge in [-0.2, -0.15) is 0 Å². The molecule has 0 aliphatic heterocycles. The van der Waals surface area contributed by atoms with Gasteiger partial charge in [0.15, 0.2) is 16.6 Å². The van der Waals surface area contributed by atoms with E-state index >= 15 is 0 Å². The average molecular weight is 439 g/mol. The fourth-order valence-corrected chi connectivity index (χ4v) is 12.2. The molecule has 4 rings (SSSR count).